The van der Waals surface area contributed by atoms with Crippen molar-refractivity contribution in [2.24, 2.45) is 5.92 Å². The third-order valence-corrected chi connectivity index (χ3v) is 6.50. The maximum absolute atomic E-state index is 12.6. The van der Waals surface area contributed by atoms with E-state index in [1.165, 1.54) is 53.6 Å². The van der Waals surface area contributed by atoms with Gasteiger partial charge in [-0.25, -0.2) is 4.79 Å². The molecule has 1 atom stereocenters. The number of hydrogen-bond donors (Lipinski definition) is 0. The van der Waals surface area contributed by atoms with Crippen molar-refractivity contribution in [1.82, 2.24) is 0 Å². The van der Waals surface area contributed by atoms with Gasteiger partial charge in [0.2, 0.25) is 11.7 Å². The Morgan fingerprint density at radius 2 is 1.59 bits per heavy atom. The summed E-state index contributed by atoms with van der Waals surface area (Å²) in [7, 11) is 0. The van der Waals surface area contributed by atoms with Gasteiger partial charge in [-0.2, -0.15) is 0 Å². The van der Waals surface area contributed by atoms with E-state index in [0.717, 1.165) is 11.1 Å². The number of anilines is 1. The molecule has 0 radical (unpaired) electrons. The van der Waals surface area contributed by atoms with Crippen LogP contribution in [0, 0.1) is 16.0 Å². The quantitative estimate of drug-likeness (QED) is 0.0931. The largest absolute Gasteiger partial charge is 0.457 e. The molecule has 1 fully saturated rings. The lowest BCUT2D eigenvalue weighted by molar-refractivity contribution is -0.384. The Hall–Kier alpha value is -5.58. The van der Waals surface area contributed by atoms with Crippen LogP contribution in [0.5, 0.6) is 5.75 Å². The lowest BCUT2D eigenvalue weighted by Gasteiger charge is -2.17. The van der Waals surface area contributed by atoms with Gasteiger partial charge in [-0.1, -0.05) is 12.1 Å². The zero-order valence-corrected chi connectivity index (χ0v) is 21.4. The number of carbonyl (C=O) groups is 4. The molecule has 1 aromatic heterocycles. The van der Waals surface area contributed by atoms with Crippen molar-refractivity contribution in [2.75, 3.05) is 18.1 Å². The number of nitrogens with zero attached hydrogens (tertiary/aromatic N) is 2. The van der Waals surface area contributed by atoms with Crippen molar-refractivity contribution >= 4 is 35.0 Å². The lowest BCUT2D eigenvalue weighted by Crippen LogP contribution is -2.27. The number of Topliss-reactive ketones (excluding diaryl/α,β-unsaturated/α-hetero) is 1. The summed E-state index contributed by atoms with van der Waals surface area (Å²) in [5.41, 5.74) is 2.45. The van der Waals surface area contributed by atoms with Gasteiger partial charge < -0.3 is 18.8 Å². The molecule has 5 rings (SSSR count). The van der Waals surface area contributed by atoms with E-state index >= 15 is 0 Å². The van der Waals surface area contributed by atoms with Gasteiger partial charge in [0.05, 0.1) is 17.1 Å². The molecule has 1 saturated heterocycles. The van der Waals surface area contributed by atoms with E-state index < -0.39 is 35.2 Å². The van der Waals surface area contributed by atoms with E-state index in [4.69, 9.17) is 13.9 Å². The highest BCUT2D eigenvalue weighted by atomic mass is 16.6. The predicted molar refractivity (Wildman–Crippen MR) is 144 cm³/mol. The van der Waals surface area contributed by atoms with E-state index in [2.05, 4.69) is 0 Å². The molecule has 0 N–H and O–H groups in total. The summed E-state index contributed by atoms with van der Waals surface area (Å²) in [6.45, 7) is -0.391. The van der Waals surface area contributed by atoms with Crippen LogP contribution in [0.2, 0.25) is 0 Å². The second kappa shape index (κ2) is 11.7. The summed E-state index contributed by atoms with van der Waals surface area (Å²) in [5.74, 6) is -2.51. The van der Waals surface area contributed by atoms with Crippen molar-refractivity contribution in [3.63, 3.8) is 0 Å². The fourth-order valence-corrected chi connectivity index (χ4v) is 4.32. The number of furan rings is 1. The number of carbonyl (C=O) groups excluding carboxylic acids is 4. The van der Waals surface area contributed by atoms with E-state index in [1.807, 2.05) is 0 Å². The van der Waals surface area contributed by atoms with Crippen molar-refractivity contribution in [3.05, 3.63) is 113 Å². The summed E-state index contributed by atoms with van der Waals surface area (Å²) >= 11 is 0. The van der Waals surface area contributed by atoms with Gasteiger partial charge in [0.15, 0.2) is 12.4 Å². The highest BCUT2D eigenvalue weighted by Crippen LogP contribution is 2.29. The van der Waals surface area contributed by atoms with Gasteiger partial charge in [-0.15, -0.1) is 0 Å². The maximum atomic E-state index is 12.6. The van der Waals surface area contributed by atoms with Crippen molar-refractivity contribution in [3.8, 4) is 16.9 Å². The van der Waals surface area contributed by atoms with Gasteiger partial charge in [-0.3, -0.25) is 24.5 Å². The van der Waals surface area contributed by atoms with Crippen LogP contribution < -0.4 is 9.64 Å². The van der Waals surface area contributed by atoms with Gasteiger partial charge in [0.25, 0.3) is 5.69 Å². The third kappa shape index (κ3) is 6.19. The van der Waals surface area contributed by atoms with E-state index in [1.54, 1.807) is 42.5 Å². The molecule has 0 unspecified atom stereocenters. The van der Waals surface area contributed by atoms with Crippen LogP contribution in [0.15, 0.2) is 95.6 Å². The third-order valence-electron chi connectivity index (χ3n) is 6.50. The van der Waals surface area contributed by atoms with Crippen LogP contribution in [0.1, 0.15) is 27.3 Å². The van der Waals surface area contributed by atoms with Crippen LogP contribution in [0.3, 0.4) is 0 Å². The highest BCUT2D eigenvalue weighted by molar-refractivity contribution is 6.01. The number of rotatable bonds is 9. The van der Waals surface area contributed by atoms with Crippen LogP contribution in [0.4, 0.5) is 11.4 Å². The molecule has 0 bridgehead atoms. The summed E-state index contributed by atoms with van der Waals surface area (Å²) in [4.78, 5) is 61.6. The number of amides is 1. The molecular weight excluding hydrogens is 532 g/mol. The summed E-state index contributed by atoms with van der Waals surface area (Å²) < 4.78 is 15.4. The lowest BCUT2D eigenvalue weighted by atomic mass is 10.0. The average molecular weight is 555 g/mol. The Labute approximate surface area is 233 Å². The van der Waals surface area contributed by atoms with E-state index in [9.17, 15) is 29.3 Å². The topological polar surface area (TPSA) is 146 Å². The first-order chi connectivity index (χ1) is 19.8. The molecule has 206 valence electrons. The van der Waals surface area contributed by atoms with E-state index in [-0.39, 0.29) is 41.6 Å². The molecule has 41 heavy (non-hydrogen) atoms. The number of hydrogen-bond acceptors (Lipinski definition) is 9. The first-order valence-corrected chi connectivity index (χ1v) is 12.5. The number of esters is 2. The smallest absolute Gasteiger partial charge is 0.379 e. The Morgan fingerprint density at radius 1 is 0.927 bits per heavy atom. The SMILES string of the molecule is O=C(COC(=O)[C@@H]1CC(=O)N(c2ccc(-c3ccc([N+](=O)[O-])cc3)cc2)C1)c1ccc(OC(=O)c2ccco2)cc1. The zero-order chi connectivity index (χ0) is 28.9. The first-order valence-electron chi connectivity index (χ1n) is 12.5. The highest BCUT2D eigenvalue weighted by Gasteiger charge is 2.36. The molecule has 11 nitrogen and oxygen atoms in total. The predicted octanol–water partition coefficient (Wildman–Crippen LogP) is 4.85. The van der Waals surface area contributed by atoms with Gasteiger partial charge >= 0.3 is 11.9 Å². The van der Waals surface area contributed by atoms with Gasteiger partial charge in [0, 0.05) is 36.3 Å². The van der Waals surface area contributed by atoms with Crippen LogP contribution in [0.25, 0.3) is 11.1 Å². The number of nitro benzene ring substituents is 1. The van der Waals surface area contributed by atoms with Gasteiger partial charge in [-0.05, 0) is 71.8 Å². The number of non-ortho nitro benzene ring substituents is 1. The number of benzene rings is 3. The average Bonchev–Trinajstić information content (AvgIpc) is 3.67. The molecule has 0 spiro atoms. The Bertz CT molecular complexity index is 1590. The number of ketones is 1. The monoisotopic (exact) mass is 554 g/mol. The molecule has 4 aromatic rings. The minimum atomic E-state index is -0.729. The molecular formula is C30H22N2O9. The molecule has 0 aliphatic carbocycles. The normalized spacial score (nSPS) is 14.5. The van der Waals surface area contributed by atoms with Crippen molar-refractivity contribution < 1.29 is 38.0 Å². The standard InChI is InChI=1S/C30H22N2O9/c33-26(21-7-13-25(14-8-21)41-30(36)27-2-1-15-39-27)18-40-29(35)22-16-28(34)31(17-22)23-9-3-19(4-10-23)20-5-11-24(12-6-20)32(37)38/h1-15,22H,16-18H2/t22-/m1/s1. The first kappa shape index (κ1) is 27.0. The molecule has 3 aromatic carbocycles. The minimum Gasteiger partial charge on any atom is -0.457 e. The fraction of sp³-hybridized carbons (Fsp3) is 0.133. The minimum absolute atomic E-state index is 0.00472. The fourth-order valence-electron chi connectivity index (χ4n) is 4.32. The molecule has 1 aliphatic rings. The zero-order valence-electron chi connectivity index (χ0n) is 21.4. The second-order valence-electron chi connectivity index (χ2n) is 9.18. The summed E-state index contributed by atoms with van der Waals surface area (Å²) in [6.07, 6.45) is 1.30. The molecule has 0 saturated carbocycles. The van der Waals surface area contributed by atoms with Gasteiger partial charge in [0.1, 0.15) is 5.75 Å². The van der Waals surface area contributed by atoms with Crippen LogP contribution in [-0.2, 0) is 14.3 Å². The van der Waals surface area contributed by atoms with Crippen LogP contribution >= 0.6 is 0 Å². The molecule has 11 heteroatoms. The maximum Gasteiger partial charge on any atom is 0.379 e. The summed E-state index contributed by atoms with van der Waals surface area (Å²) in [6, 6.07) is 22.0. The number of nitro groups is 1. The molecule has 1 aliphatic heterocycles. The Balaban J connectivity index is 1.13. The van der Waals surface area contributed by atoms with Crippen molar-refractivity contribution in [1.29, 1.82) is 0 Å². The second-order valence-corrected chi connectivity index (χ2v) is 9.18. The number of ether oxygens (including phenoxy) is 2. The molecule has 2 heterocycles. The van der Waals surface area contributed by atoms with E-state index in [0.29, 0.717) is 5.69 Å². The molecule has 1 amide bonds. The Morgan fingerprint density at radius 3 is 2.20 bits per heavy atom. The van der Waals surface area contributed by atoms with Crippen molar-refractivity contribution in [2.45, 2.75) is 6.42 Å². The summed E-state index contributed by atoms with van der Waals surface area (Å²) in [5, 5.41) is 10.9. The Kier molecular flexibility index (Phi) is 7.68. The van der Waals surface area contributed by atoms with Crippen LogP contribution in [-0.4, -0.2) is 41.7 Å².